The van der Waals surface area contributed by atoms with Crippen LogP contribution >= 0.6 is 0 Å². The van der Waals surface area contributed by atoms with Crippen LogP contribution < -0.4 is 5.11 Å². The molecule has 2 unspecified atom stereocenters. The lowest BCUT2D eigenvalue weighted by Crippen LogP contribution is -2.44. The Morgan fingerprint density at radius 1 is 0.397 bits per heavy atom. The lowest BCUT2D eigenvalue weighted by atomic mass is 10.0. The second-order valence-corrected chi connectivity index (χ2v) is 23.4. The normalized spacial score (nSPS) is 13.1. The van der Waals surface area contributed by atoms with Crippen molar-refractivity contribution in [1.82, 2.24) is 0 Å². The van der Waals surface area contributed by atoms with Crippen LogP contribution in [0.4, 0.5) is 0 Å². The van der Waals surface area contributed by atoms with Crippen LogP contribution in [0.1, 0.15) is 303 Å². The number of nitrogens with zero attached hydrogens (tertiary/aromatic N) is 1. The SMILES string of the molecule is CC/C=C\C/C=C\C/C=C\C/C=C\CCCCCCCCCCCCCCCCCCCCCCCCC(=O)OC(COC(=O)CCCCCCCCC/C=C\CCCCCCCCC)COC(OCC[N+](C)(C)C)C(=O)[O-]. The molecule has 0 aromatic heterocycles. The average Bonchev–Trinajstić information content (AvgIpc) is 3.41. The largest absolute Gasteiger partial charge is 0.545 e. The summed E-state index contributed by atoms with van der Waals surface area (Å²) < 4.78 is 22.8. The predicted molar refractivity (Wildman–Crippen MR) is 329 cm³/mol. The standard InChI is InChI=1S/C69H125NO8/c1-6-8-10-12-14-16-18-20-22-24-26-27-28-29-30-31-32-33-34-35-36-37-38-39-40-41-42-44-46-48-50-52-54-56-58-60-67(72)78-65(64-77-69(68(73)74)75-62-61-70(3,4)5)63-76-66(71)59-57-55-53-51-49-47-45-43-25-23-21-19-17-15-13-11-9-7-2/h8,10,14,16,20,22-23,25-27,65,69H,6-7,9,11-13,15,17-19,21,24,28-64H2,1-5H3/b10-8-,16-14-,22-20-,25-23-,27-26-. The molecular weight excluding hydrogens is 971 g/mol. The monoisotopic (exact) mass is 1100 g/mol. The summed E-state index contributed by atoms with van der Waals surface area (Å²) in [5, 5.41) is 11.8. The van der Waals surface area contributed by atoms with Gasteiger partial charge < -0.3 is 33.3 Å². The highest BCUT2D eigenvalue weighted by atomic mass is 16.7. The lowest BCUT2D eigenvalue weighted by Gasteiger charge is -2.26. The highest BCUT2D eigenvalue weighted by Gasteiger charge is 2.22. The van der Waals surface area contributed by atoms with Gasteiger partial charge >= 0.3 is 11.9 Å². The van der Waals surface area contributed by atoms with Crippen LogP contribution in [0.3, 0.4) is 0 Å². The second-order valence-electron chi connectivity index (χ2n) is 23.4. The minimum Gasteiger partial charge on any atom is -0.545 e. The maximum Gasteiger partial charge on any atom is 0.306 e. The fraction of sp³-hybridized carbons (Fsp3) is 0.812. The van der Waals surface area contributed by atoms with Crippen molar-refractivity contribution in [2.24, 2.45) is 0 Å². The zero-order valence-corrected chi connectivity index (χ0v) is 51.8. The first-order chi connectivity index (χ1) is 38.1. The maximum atomic E-state index is 12.9. The Morgan fingerprint density at radius 2 is 0.731 bits per heavy atom. The number of aliphatic carboxylic acids is 1. The number of carboxylic acids is 1. The van der Waals surface area contributed by atoms with Crippen LogP contribution in [0.5, 0.6) is 0 Å². The van der Waals surface area contributed by atoms with Crippen LogP contribution in [0.2, 0.25) is 0 Å². The molecule has 9 heteroatoms. The van der Waals surface area contributed by atoms with Gasteiger partial charge in [0.25, 0.3) is 0 Å². The molecule has 9 nitrogen and oxygen atoms in total. The lowest BCUT2D eigenvalue weighted by molar-refractivity contribution is -0.870. The van der Waals surface area contributed by atoms with Crippen LogP contribution in [0, 0.1) is 0 Å². The van der Waals surface area contributed by atoms with Gasteiger partial charge in [-0.3, -0.25) is 9.59 Å². The van der Waals surface area contributed by atoms with Crippen molar-refractivity contribution in [1.29, 1.82) is 0 Å². The van der Waals surface area contributed by atoms with Gasteiger partial charge in [0.05, 0.1) is 40.3 Å². The van der Waals surface area contributed by atoms with Gasteiger partial charge in [-0.1, -0.05) is 274 Å². The van der Waals surface area contributed by atoms with E-state index in [2.05, 4.69) is 74.6 Å². The summed E-state index contributed by atoms with van der Waals surface area (Å²) >= 11 is 0. The van der Waals surface area contributed by atoms with Gasteiger partial charge in [0.2, 0.25) is 0 Å². The summed E-state index contributed by atoms with van der Waals surface area (Å²) in [6.07, 6.45) is 74.4. The number of carbonyl (C=O) groups excluding carboxylic acids is 3. The van der Waals surface area contributed by atoms with Gasteiger partial charge in [-0.15, -0.1) is 0 Å². The van der Waals surface area contributed by atoms with E-state index in [1.807, 2.05) is 21.1 Å². The number of carboxylic acid groups (broad SMARTS) is 1. The highest BCUT2D eigenvalue weighted by Crippen LogP contribution is 2.18. The third kappa shape index (κ3) is 60.6. The van der Waals surface area contributed by atoms with E-state index in [0.29, 0.717) is 17.4 Å². The van der Waals surface area contributed by atoms with E-state index in [-0.39, 0.29) is 38.6 Å². The molecule has 0 spiro atoms. The number of unbranched alkanes of at least 4 members (excludes halogenated alkanes) is 36. The first kappa shape index (κ1) is 75.0. The van der Waals surface area contributed by atoms with E-state index < -0.39 is 24.3 Å². The Kier molecular flexibility index (Phi) is 57.8. The number of carbonyl (C=O) groups is 3. The number of allylic oxidation sites excluding steroid dienone is 10. The van der Waals surface area contributed by atoms with Crippen molar-refractivity contribution in [3.63, 3.8) is 0 Å². The zero-order valence-electron chi connectivity index (χ0n) is 51.8. The fourth-order valence-corrected chi connectivity index (χ4v) is 9.47. The van der Waals surface area contributed by atoms with Crippen molar-refractivity contribution in [3.8, 4) is 0 Å². The minimum atomic E-state index is -1.62. The summed E-state index contributed by atoms with van der Waals surface area (Å²) in [5.41, 5.74) is 0. The first-order valence-corrected chi connectivity index (χ1v) is 32.9. The summed E-state index contributed by atoms with van der Waals surface area (Å²) in [5.74, 6) is -2.27. The van der Waals surface area contributed by atoms with Crippen LogP contribution in [0.15, 0.2) is 60.8 Å². The second kappa shape index (κ2) is 60.1. The number of rotatable bonds is 61. The Hall–Kier alpha value is -3.01. The average molecular weight is 1100 g/mol. The van der Waals surface area contributed by atoms with Gasteiger partial charge in [-0.2, -0.15) is 0 Å². The summed E-state index contributed by atoms with van der Waals surface area (Å²) in [6, 6.07) is 0. The molecule has 0 aromatic rings. The first-order valence-electron chi connectivity index (χ1n) is 32.9. The van der Waals surface area contributed by atoms with Crippen molar-refractivity contribution in [2.75, 3.05) is 47.5 Å². The number of likely N-dealkylation sites (N-methyl/N-ethyl adjacent to an activating group) is 1. The van der Waals surface area contributed by atoms with Gasteiger partial charge in [-0.05, 0) is 77.0 Å². The smallest absolute Gasteiger partial charge is 0.306 e. The molecule has 0 heterocycles. The van der Waals surface area contributed by atoms with E-state index in [9.17, 15) is 19.5 Å². The molecule has 0 bridgehead atoms. The highest BCUT2D eigenvalue weighted by molar-refractivity contribution is 5.70. The Bertz CT molecular complexity index is 1460. The predicted octanol–water partition coefficient (Wildman–Crippen LogP) is 18.6. The molecule has 0 rings (SSSR count). The Labute approximate surface area is 482 Å². The minimum absolute atomic E-state index is 0.148. The van der Waals surface area contributed by atoms with Crippen molar-refractivity contribution in [2.45, 2.75) is 315 Å². The fourth-order valence-electron chi connectivity index (χ4n) is 9.47. The molecule has 454 valence electrons. The maximum absolute atomic E-state index is 12.9. The molecule has 0 aliphatic heterocycles. The molecule has 0 fully saturated rings. The van der Waals surface area contributed by atoms with Gasteiger partial charge in [0.15, 0.2) is 12.4 Å². The van der Waals surface area contributed by atoms with E-state index in [0.717, 1.165) is 57.8 Å². The van der Waals surface area contributed by atoms with E-state index in [1.165, 1.54) is 212 Å². The van der Waals surface area contributed by atoms with Gasteiger partial charge in [0.1, 0.15) is 13.2 Å². The van der Waals surface area contributed by atoms with E-state index in [4.69, 9.17) is 18.9 Å². The van der Waals surface area contributed by atoms with Crippen molar-refractivity contribution in [3.05, 3.63) is 60.8 Å². The molecule has 0 saturated carbocycles. The zero-order chi connectivity index (χ0) is 56.9. The number of esters is 2. The van der Waals surface area contributed by atoms with Crippen molar-refractivity contribution < 1.29 is 42.9 Å². The molecule has 0 aliphatic rings. The number of hydrogen-bond acceptors (Lipinski definition) is 8. The summed E-state index contributed by atoms with van der Waals surface area (Å²) in [6.45, 7) is 4.67. The van der Waals surface area contributed by atoms with Crippen LogP contribution in [0.25, 0.3) is 0 Å². The Balaban J connectivity index is 4.05. The molecule has 78 heavy (non-hydrogen) atoms. The molecule has 2 atom stereocenters. The van der Waals surface area contributed by atoms with E-state index in [1.54, 1.807) is 0 Å². The molecule has 0 radical (unpaired) electrons. The summed E-state index contributed by atoms with van der Waals surface area (Å²) in [4.78, 5) is 37.4. The molecule has 0 amide bonds. The Morgan fingerprint density at radius 3 is 1.10 bits per heavy atom. The number of ether oxygens (including phenoxy) is 4. The molecule has 0 aromatic carbocycles. The van der Waals surface area contributed by atoms with Gasteiger partial charge in [-0.25, -0.2) is 0 Å². The number of hydrogen-bond donors (Lipinski definition) is 0. The summed E-state index contributed by atoms with van der Waals surface area (Å²) in [7, 11) is 5.93. The van der Waals surface area contributed by atoms with Gasteiger partial charge in [0, 0.05) is 12.8 Å². The van der Waals surface area contributed by atoms with Crippen LogP contribution in [-0.2, 0) is 33.3 Å². The quantitative estimate of drug-likeness (QED) is 0.0195. The van der Waals surface area contributed by atoms with Crippen LogP contribution in [-0.4, -0.2) is 82.3 Å². The molecular formula is C69H125NO8. The topological polar surface area (TPSA) is 111 Å². The molecule has 0 aliphatic carbocycles. The third-order valence-corrected chi connectivity index (χ3v) is 14.5. The molecule has 0 N–H and O–H groups in total. The number of quaternary nitrogens is 1. The third-order valence-electron chi connectivity index (χ3n) is 14.5. The van der Waals surface area contributed by atoms with Crippen molar-refractivity contribution >= 4 is 17.9 Å². The molecule has 0 saturated heterocycles. The van der Waals surface area contributed by atoms with E-state index >= 15 is 0 Å².